The van der Waals surface area contributed by atoms with Crippen LogP contribution in [-0.4, -0.2) is 24.2 Å². The van der Waals surface area contributed by atoms with E-state index in [1.54, 1.807) is 24.7 Å². The first-order valence-corrected chi connectivity index (χ1v) is 10.5. The molecule has 0 saturated heterocycles. The Morgan fingerprint density at radius 1 is 1.04 bits per heavy atom. The van der Waals surface area contributed by atoms with Gasteiger partial charge in [-0.2, -0.15) is 5.10 Å². The van der Waals surface area contributed by atoms with Crippen LogP contribution in [0.15, 0.2) is 71.6 Å². The number of benzene rings is 2. The minimum atomic E-state index is -3.10. The lowest BCUT2D eigenvalue weighted by atomic mass is 10.1. The molecule has 0 aromatic heterocycles. The van der Waals surface area contributed by atoms with Gasteiger partial charge in [0.1, 0.15) is 0 Å². The number of anilines is 1. The van der Waals surface area contributed by atoms with Crippen molar-refractivity contribution in [1.82, 2.24) is 0 Å². The van der Waals surface area contributed by atoms with Gasteiger partial charge in [-0.25, -0.2) is 9.80 Å². The van der Waals surface area contributed by atoms with E-state index in [-0.39, 0.29) is 12.1 Å². The van der Waals surface area contributed by atoms with E-state index in [0.29, 0.717) is 11.9 Å². The van der Waals surface area contributed by atoms with Crippen LogP contribution in [0.1, 0.15) is 19.4 Å². The number of hydrogen-bond acceptors (Lipinski definition) is 5. The van der Waals surface area contributed by atoms with Crippen molar-refractivity contribution in [2.24, 2.45) is 5.10 Å². The van der Waals surface area contributed by atoms with Crippen molar-refractivity contribution in [2.45, 2.75) is 13.8 Å². The third kappa shape index (κ3) is 3.49. The number of carbonyl (C=O) groups is 1. The van der Waals surface area contributed by atoms with E-state index in [9.17, 15) is 9.36 Å². The summed E-state index contributed by atoms with van der Waals surface area (Å²) in [6, 6.07) is 19.1. The Balaban J connectivity index is 2.17. The fraction of sp³-hybridized carbons (Fsp3) is 0.200. The number of carbonyl (C=O) groups excluding carboxylic acids is 1. The molecule has 26 heavy (non-hydrogen) atoms. The highest BCUT2D eigenvalue weighted by Gasteiger charge is 2.38. The van der Waals surface area contributed by atoms with Gasteiger partial charge in [-0.05, 0) is 19.1 Å². The van der Waals surface area contributed by atoms with E-state index < -0.39 is 13.1 Å². The van der Waals surface area contributed by atoms with Crippen LogP contribution in [0.2, 0.25) is 0 Å². The second-order valence-corrected chi connectivity index (χ2v) is 8.69. The van der Waals surface area contributed by atoms with Crippen LogP contribution >= 0.6 is 7.14 Å². The van der Waals surface area contributed by atoms with Gasteiger partial charge in [0.15, 0.2) is 7.14 Å². The Labute approximate surface area is 153 Å². The van der Waals surface area contributed by atoms with Gasteiger partial charge in [0.2, 0.25) is 5.45 Å². The number of rotatable bonds is 5. The van der Waals surface area contributed by atoms with Crippen LogP contribution in [0, 0.1) is 0 Å². The zero-order valence-corrected chi connectivity index (χ0v) is 15.7. The molecule has 0 spiro atoms. The largest absolute Gasteiger partial charge is 0.461 e. The molecule has 1 heterocycles. The highest BCUT2D eigenvalue weighted by Crippen LogP contribution is 2.54. The van der Waals surface area contributed by atoms with Crippen molar-refractivity contribution in [3.8, 4) is 0 Å². The molecule has 5 nitrogen and oxygen atoms in total. The third-order valence-corrected chi connectivity index (χ3v) is 6.70. The molecule has 0 saturated carbocycles. The van der Waals surface area contributed by atoms with Crippen LogP contribution < -0.4 is 5.01 Å². The fourth-order valence-corrected chi connectivity index (χ4v) is 4.61. The Hall–Kier alpha value is -2.65. The number of hydrazone groups is 1. The van der Waals surface area contributed by atoms with E-state index in [1.807, 2.05) is 60.7 Å². The average molecular weight is 368 g/mol. The molecule has 0 bridgehead atoms. The summed E-state index contributed by atoms with van der Waals surface area (Å²) in [5.74, 6) is 1.07. The summed E-state index contributed by atoms with van der Waals surface area (Å²) in [6.45, 7) is 3.73. The topological polar surface area (TPSA) is 59.0 Å². The second-order valence-electron chi connectivity index (χ2n) is 5.78. The van der Waals surface area contributed by atoms with E-state index >= 15 is 0 Å². The molecule has 134 valence electrons. The molecule has 0 amide bonds. The predicted octanol–water partition coefficient (Wildman–Crippen LogP) is 4.76. The lowest BCUT2D eigenvalue weighted by molar-refractivity contribution is -0.134. The van der Waals surface area contributed by atoms with Crippen molar-refractivity contribution in [2.75, 3.05) is 17.8 Å². The Morgan fingerprint density at radius 2 is 1.65 bits per heavy atom. The summed E-state index contributed by atoms with van der Waals surface area (Å²) >= 11 is 0. The molecule has 0 aliphatic carbocycles. The Bertz CT molecular complexity index is 892. The van der Waals surface area contributed by atoms with Gasteiger partial charge >= 0.3 is 5.97 Å². The summed E-state index contributed by atoms with van der Waals surface area (Å²) in [5.41, 5.74) is 2.36. The standard InChI is InChI=1S/C20H21N2O3P/c1-3-25-20(23)19-21-22(17-13-9-6-10-14-17)18(15-26(19,24)4-2)16-11-7-5-8-12-16/h5-15H,3-4H2,1-2H3. The third-order valence-electron chi connectivity index (χ3n) is 4.11. The smallest absolute Gasteiger partial charge is 0.362 e. The summed E-state index contributed by atoms with van der Waals surface area (Å²) < 4.78 is 18.6. The maximum Gasteiger partial charge on any atom is 0.362 e. The average Bonchev–Trinajstić information content (AvgIpc) is 2.69. The molecule has 0 N–H and O–H groups in total. The molecule has 3 rings (SSSR count). The number of para-hydroxylation sites is 1. The van der Waals surface area contributed by atoms with Gasteiger partial charge in [0, 0.05) is 17.5 Å². The normalized spacial score (nSPS) is 19.5. The van der Waals surface area contributed by atoms with E-state index in [0.717, 1.165) is 11.3 Å². The zero-order valence-electron chi connectivity index (χ0n) is 14.8. The molecular formula is C20H21N2O3P. The van der Waals surface area contributed by atoms with Crippen LogP contribution in [0.4, 0.5) is 5.69 Å². The van der Waals surface area contributed by atoms with Gasteiger partial charge in [0.25, 0.3) is 0 Å². The number of esters is 1. The van der Waals surface area contributed by atoms with Crippen molar-refractivity contribution in [3.05, 3.63) is 72.0 Å². The van der Waals surface area contributed by atoms with Gasteiger partial charge in [-0.3, -0.25) is 0 Å². The Kier molecular flexibility index (Phi) is 5.38. The molecule has 2 aromatic rings. The van der Waals surface area contributed by atoms with Crippen molar-refractivity contribution >= 4 is 29.9 Å². The minimum Gasteiger partial charge on any atom is -0.461 e. The highest BCUT2D eigenvalue weighted by molar-refractivity contribution is 7.86. The first kappa shape index (κ1) is 18.2. The Morgan fingerprint density at radius 3 is 2.23 bits per heavy atom. The molecule has 6 heteroatoms. The number of nitrogens with zero attached hydrogens (tertiary/aromatic N) is 2. The molecule has 1 aliphatic heterocycles. The second kappa shape index (κ2) is 7.71. The zero-order chi connectivity index (χ0) is 18.6. The van der Waals surface area contributed by atoms with Crippen LogP contribution in [-0.2, 0) is 14.1 Å². The van der Waals surface area contributed by atoms with E-state index in [2.05, 4.69) is 5.10 Å². The summed E-state index contributed by atoms with van der Waals surface area (Å²) in [4.78, 5) is 12.4. The van der Waals surface area contributed by atoms with E-state index in [1.165, 1.54) is 0 Å². The molecule has 1 aliphatic rings. The highest BCUT2D eigenvalue weighted by atomic mass is 31.2. The van der Waals surface area contributed by atoms with Crippen molar-refractivity contribution in [3.63, 3.8) is 0 Å². The number of ether oxygens (including phenoxy) is 1. The van der Waals surface area contributed by atoms with Crippen molar-refractivity contribution in [1.29, 1.82) is 0 Å². The van der Waals surface area contributed by atoms with E-state index in [4.69, 9.17) is 4.74 Å². The number of hydrogen-bond donors (Lipinski definition) is 0. The first-order chi connectivity index (χ1) is 12.6. The maximum atomic E-state index is 13.5. The van der Waals surface area contributed by atoms with Crippen LogP contribution in [0.25, 0.3) is 5.70 Å². The monoisotopic (exact) mass is 368 g/mol. The molecule has 1 unspecified atom stereocenters. The predicted molar refractivity (Wildman–Crippen MR) is 106 cm³/mol. The van der Waals surface area contributed by atoms with Gasteiger partial charge in [0.05, 0.1) is 18.0 Å². The fourth-order valence-electron chi connectivity index (χ4n) is 2.74. The van der Waals surface area contributed by atoms with Crippen LogP contribution in [0.5, 0.6) is 0 Å². The summed E-state index contributed by atoms with van der Waals surface area (Å²) in [5, 5.41) is 6.16. The minimum absolute atomic E-state index is 0.00890. The van der Waals surface area contributed by atoms with Gasteiger partial charge < -0.3 is 9.30 Å². The lowest BCUT2D eigenvalue weighted by Gasteiger charge is -2.30. The van der Waals surface area contributed by atoms with Crippen LogP contribution in [0.3, 0.4) is 0 Å². The van der Waals surface area contributed by atoms with Gasteiger partial charge in [-0.15, -0.1) is 0 Å². The molecule has 0 fully saturated rings. The first-order valence-electron chi connectivity index (χ1n) is 8.57. The van der Waals surface area contributed by atoms with Crippen molar-refractivity contribution < 1.29 is 14.1 Å². The molecule has 1 atom stereocenters. The van der Waals surface area contributed by atoms with Gasteiger partial charge in [-0.1, -0.05) is 55.5 Å². The summed E-state index contributed by atoms with van der Waals surface area (Å²) in [7, 11) is -3.10. The quantitative estimate of drug-likeness (QED) is 0.564. The lowest BCUT2D eigenvalue weighted by Crippen LogP contribution is -2.28. The molecular weight excluding hydrogens is 347 g/mol. The maximum absolute atomic E-state index is 13.5. The molecule has 0 radical (unpaired) electrons. The SMILES string of the molecule is CCOC(=O)C1=NN(c2ccccc2)C(c2ccccc2)=CP1(=O)CC. The molecule has 2 aromatic carbocycles. The summed E-state index contributed by atoms with van der Waals surface area (Å²) in [6.07, 6.45) is 0.309.